The van der Waals surface area contributed by atoms with Crippen LogP contribution in [-0.4, -0.2) is 14.1 Å². The molecule has 0 unspecified atom stereocenters. The number of hydrogen-bond acceptors (Lipinski definition) is 2. The standard InChI is InChI=1S/C36H22N4/c37-23-24-20-26(25-16-18-38-19-17-25)22-27(21-24)39-32-12-4-3-10-30(32)31-11-7-15-35(36(31)39)40-33-13-5-1-8-28(33)29-9-2-6-14-34(29)40/h1-22H. The van der Waals surface area contributed by atoms with Crippen molar-refractivity contribution in [2.45, 2.75) is 0 Å². The minimum absolute atomic E-state index is 0.615. The van der Waals surface area contributed by atoms with Crippen LogP contribution >= 0.6 is 0 Å². The Morgan fingerprint density at radius 2 is 1.10 bits per heavy atom. The van der Waals surface area contributed by atoms with Crippen molar-refractivity contribution in [2.75, 3.05) is 0 Å². The summed E-state index contributed by atoms with van der Waals surface area (Å²) < 4.78 is 4.69. The molecule has 8 aromatic rings. The van der Waals surface area contributed by atoms with Gasteiger partial charge in [0, 0.05) is 39.6 Å². The Kier molecular flexibility index (Phi) is 4.85. The molecule has 0 bridgehead atoms. The number of nitrogens with zero attached hydrogens (tertiary/aromatic N) is 4. The molecule has 0 aliphatic carbocycles. The Labute approximate surface area is 230 Å². The molecular formula is C36H22N4. The molecule has 0 radical (unpaired) electrons. The van der Waals surface area contributed by atoms with Crippen LogP contribution in [0.5, 0.6) is 0 Å². The Morgan fingerprint density at radius 3 is 1.75 bits per heavy atom. The van der Waals surface area contributed by atoms with Crippen LogP contribution in [0.4, 0.5) is 0 Å². The number of aromatic nitrogens is 3. The van der Waals surface area contributed by atoms with Crippen LogP contribution in [0.2, 0.25) is 0 Å². The third-order valence-corrected chi connectivity index (χ3v) is 7.81. The smallest absolute Gasteiger partial charge is 0.0992 e. The fraction of sp³-hybridized carbons (Fsp3) is 0. The van der Waals surface area contributed by atoms with Crippen LogP contribution in [-0.2, 0) is 0 Å². The second-order valence-electron chi connectivity index (χ2n) is 10.0. The van der Waals surface area contributed by atoms with Gasteiger partial charge < -0.3 is 9.13 Å². The zero-order valence-electron chi connectivity index (χ0n) is 21.5. The summed E-state index contributed by atoms with van der Waals surface area (Å²) >= 11 is 0. The summed E-state index contributed by atoms with van der Waals surface area (Å²) in [6, 6.07) is 44.7. The van der Waals surface area contributed by atoms with E-state index < -0.39 is 0 Å². The third kappa shape index (κ3) is 3.22. The summed E-state index contributed by atoms with van der Waals surface area (Å²) in [6.45, 7) is 0. The predicted octanol–water partition coefficient (Wildman–Crippen LogP) is 8.81. The number of rotatable bonds is 3. The maximum Gasteiger partial charge on any atom is 0.0992 e. The highest BCUT2D eigenvalue weighted by atomic mass is 15.1. The highest BCUT2D eigenvalue weighted by molar-refractivity contribution is 6.15. The largest absolute Gasteiger partial charge is 0.307 e. The maximum absolute atomic E-state index is 10.0. The highest BCUT2D eigenvalue weighted by Gasteiger charge is 2.20. The monoisotopic (exact) mass is 510 g/mol. The van der Waals surface area contributed by atoms with Gasteiger partial charge in [-0.05, 0) is 65.7 Å². The molecule has 4 nitrogen and oxygen atoms in total. The Bertz CT molecular complexity index is 2230. The van der Waals surface area contributed by atoms with Crippen molar-refractivity contribution < 1.29 is 0 Å². The van der Waals surface area contributed by atoms with Gasteiger partial charge in [-0.1, -0.05) is 66.7 Å². The topological polar surface area (TPSA) is 46.5 Å². The molecule has 4 heteroatoms. The lowest BCUT2D eigenvalue weighted by Crippen LogP contribution is -2.01. The van der Waals surface area contributed by atoms with E-state index in [2.05, 4.69) is 117 Å². The second-order valence-corrected chi connectivity index (χ2v) is 10.0. The fourth-order valence-corrected chi connectivity index (χ4v) is 6.15. The lowest BCUT2D eigenvalue weighted by Gasteiger charge is -2.15. The first kappa shape index (κ1) is 22.3. The first-order valence-electron chi connectivity index (χ1n) is 13.3. The van der Waals surface area contributed by atoms with Crippen molar-refractivity contribution >= 4 is 43.6 Å². The van der Waals surface area contributed by atoms with Gasteiger partial charge in [0.25, 0.3) is 0 Å². The molecule has 186 valence electrons. The van der Waals surface area contributed by atoms with Gasteiger partial charge in [0.15, 0.2) is 0 Å². The lowest BCUT2D eigenvalue weighted by molar-refractivity contribution is 1.13. The zero-order chi connectivity index (χ0) is 26.6. The quantitative estimate of drug-likeness (QED) is 0.238. The molecule has 40 heavy (non-hydrogen) atoms. The van der Waals surface area contributed by atoms with E-state index in [0.717, 1.165) is 44.6 Å². The van der Waals surface area contributed by atoms with Gasteiger partial charge in [0.05, 0.1) is 39.4 Å². The minimum atomic E-state index is 0.615. The molecule has 0 atom stereocenters. The number of fused-ring (bicyclic) bond motifs is 6. The molecule has 0 aliphatic heterocycles. The number of nitriles is 1. The van der Waals surface area contributed by atoms with Crippen molar-refractivity contribution in [3.63, 3.8) is 0 Å². The average molecular weight is 511 g/mol. The SMILES string of the molecule is N#Cc1cc(-c2ccncc2)cc(-n2c3ccccc3c3cccc(-n4c5ccccc5c5ccccc54)c32)c1. The fourth-order valence-electron chi connectivity index (χ4n) is 6.15. The normalized spacial score (nSPS) is 11.5. The second kappa shape index (κ2) is 8.69. The summed E-state index contributed by atoms with van der Waals surface area (Å²) in [6.07, 6.45) is 3.57. The Morgan fingerprint density at radius 1 is 0.525 bits per heavy atom. The van der Waals surface area contributed by atoms with E-state index in [4.69, 9.17) is 0 Å². The van der Waals surface area contributed by atoms with Crippen molar-refractivity contribution in [1.29, 1.82) is 5.26 Å². The molecule has 8 rings (SSSR count). The number of hydrogen-bond donors (Lipinski definition) is 0. The van der Waals surface area contributed by atoms with Crippen molar-refractivity contribution in [3.8, 4) is 28.6 Å². The van der Waals surface area contributed by atoms with Crippen molar-refractivity contribution in [2.24, 2.45) is 0 Å². The van der Waals surface area contributed by atoms with Crippen LogP contribution in [0.3, 0.4) is 0 Å². The highest BCUT2D eigenvalue weighted by Crippen LogP contribution is 2.40. The van der Waals surface area contributed by atoms with E-state index in [1.54, 1.807) is 12.4 Å². The first-order chi connectivity index (χ1) is 19.8. The van der Waals surface area contributed by atoms with Crippen molar-refractivity contribution in [3.05, 3.63) is 139 Å². The van der Waals surface area contributed by atoms with Gasteiger partial charge in [-0.25, -0.2) is 0 Å². The molecule has 0 N–H and O–H groups in total. The van der Waals surface area contributed by atoms with E-state index in [-0.39, 0.29) is 0 Å². The van der Waals surface area contributed by atoms with Gasteiger partial charge in [0.2, 0.25) is 0 Å². The van der Waals surface area contributed by atoms with Gasteiger partial charge in [0.1, 0.15) is 0 Å². The maximum atomic E-state index is 10.0. The van der Waals surface area contributed by atoms with E-state index >= 15 is 0 Å². The van der Waals surface area contributed by atoms with Crippen LogP contribution in [0.25, 0.3) is 66.1 Å². The molecule has 3 aromatic heterocycles. The summed E-state index contributed by atoms with van der Waals surface area (Å²) in [7, 11) is 0. The van der Waals surface area contributed by atoms with E-state index in [9.17, 15) is 5.26 Å². The molecule has 0 fully saturated rings. The van der Waals surface area contributed by atoms with Crippen LogP contribution in [0.15, 0.2) is 134 Å². The first-order valence-corrected chi connectivity index (χ1v) is 13.3. The van der Waals surface area contributed by atoms with E-state index in [1.807, 2.05) is 24.3 Å². The van der Waals surface area contributed by atoms with E-state index in [0.29, 0.717) is 5.56 Å². The average Bonchev–Trinajstić information content (AvgIpc) is 3.54. The predicted molar refractivity (Wildman–Crippen MR) is 163 cm³/mol. The summed E-state index contributed by atoms with van der Waals surface area (Å²) in [5.74, 6) is 0. The Hall–Kier alpha value is -5.66. The van der Waals surface area contributed by atoms with Crippen molar-refractivity contribution in [1.82, 2.24) is 14.1 Å². The van der Waals surface area contributed by atoms with Gasteiger partial charge in [-0.2, -0.15) is 5.26 Å². The molecule has 0 saturated heterocycles. The minimum Gasteiger partial charge on any atom is -0.307 e. The molecule has 0 aliphatic rings. The Balaban J connectivity index is 1.54. The molecule has 5 aromatic carbocycles. The zero-order valence-corrected chi connectivity index (χ0v) is 21.5. The van der Waals surface area contributed by atoms with Crippen LogP contribution in [0.1, 0.15) is 5.56 Å². The van der Waals surface area contributed by atoms with Gasteiger partial charge in [-0.3, -0.25) is 4.98 Å². The lowest BCUT2D eigenvalue weighted by atomic mass is 10.0. The number of benzene rings is 5. The third-order valence-electron chi connectivity index (χ3n) is 7.81. The van der Waals surface area contributed by atoms with Crippen LogP contribution in [0, 0.1) is 11.3 Å². The number of para-hydroxylation sites is 4. The summed E-state index contributed by atoms with van der Waals surface area (Å²) in [5, 5.41) is 14.8. The summed E-state index contributed by atoms with van der Waals surface area (Å²) in [4.78, 5) is 4.18. The van der Waals surface area contributed by atoms with E-state index in [1.165, 1.54) is 21.5 Å². The molecule has 0 saturated carbocycles. The molecule has 0 amide bonds. The van der Waals surface area contributed by atoms with Crippen LogP contribution < -0.4 is 0 Å². The molecule has 0 spiro atoms. The van der Waals surface area contributed by atoms with Gasteiger partial charge >= 0.3 is 0 Å². The summed E-state index contributed by atoms with van der Waals surface area (Å²) in [5.41, 5.74) is 9.20. The molecular weight excluding hydrogens is 488 g/mol. The van der Waals surface area contributed by atoms with Gasteiger partial charge in [-0.15, -0.1) is 0 Å². The molecule has 3 heterocycles. The number of pyridine rings is 1.